The first-order chi connectivity index (χ1) is 9.24. The Labute approximate surface area is 120 Å². The van der Waals surface area contributed by atoms with Crippen LogP contribution in [0.5, 0.6) is 5.75 Å². The number of benzene rings is 1. The lowest BCUT2D eigenvalue weighted by atomic mass is 10.2. The van der Waals surface area contributed by atoms with E-state index in [4.69, 9.17) is 0 Å². The lowest BCUT2D eigenvalue weighted by Crippen LogP contribution is -2.15. The van der Waals surface area contributed by atoms with Crippen molar-refractivity contribution in [1.82, 2.24) is 4.57 Å². The topological polar surface area (TPSA) is 59.3 Å². The Hall–Kier alpha value is -1.49. The van der Waals surface area contributed by atoms with Crippen LogP contribution < -0.4 is 0 Å². The average molecular weight is 295 g/mol. The summed E-state index contributed by atoms with van der Waals surface area (Å²) in [5.41, 5.74) is 1.54. The number of rotatable bonds is 4. The zero-order valence-electron chi connectivity index (χ0n) is 12.3. The fourth-order valence-corrected chi connectivity index (χ4v) is 3.28. The van der Waals surface area contributed by atoms with Crippen LogP contribution >= 0.6 is 0 Å². The summed E-state index contributed by atoms with van der Waals surface area (Å²) in [5.74, 6) is 0.0919. The Balaban J connectivity index is 2.65. The van der Waals surface area contributed by atoms with Crippen LogP contribution in [0, 0.1) is 0 Å². The van der Waals surface area contributed by atoms with E-state index in [1.165, 1.54) is 0 Å². The molecular formula is C15H21NO3S. The summed E-state index contributed by atoms with van der Waals surface area (Å²) in [6.07, 6.45) is 1.84. The summed E-state index contributed by atoms with van der Waals surface area (Å²) in [7, 11) is -3.20. The summed E-state index contributed by atoms with van der Waals surface area (Å²) in [6.45, 7) is 7.42. The van der Waals surface area contributed by atoms with Crippen molar-refractivity contribution in [3.63, 3.8) is 0 Å². The van der Waals surface area contributed by atoms with Gasteiger partial charge >= 0.3 is 0 Å². The van der Waals surface area contributed by atoms with Gasteiger partial charge in [0.2, 0.25) is 0 Å². The molecule has 0 bridgehead atoms. The molecule has 20 heavy (non-hydrogen) atoms. The number of aromatic hydroxyl groups is 1. The van der Waals surface area contributed by atoms with E-state index in [9.17, 15) is 13.5 Å². The van der Waals surface area contributed by atoms with Crippen molar-refractivity contribution < 1.29 is 13.5 Å². The zero-order chi connectivity index (χ0) is 15.1. The van der Waals surface area contributed by atoms with Gasteiger partial charge in [-0.3, -0.25) is 0 Å². The minimum absolute atomic E-state index is 0.0432. The van der Waals surface area contributed by atoms with Crippen LogP contribution in [0.15, 0.2) is 24.4 Å². The summed E-state index contributed by atoms with van der Waals surface area (Å²) >= 11 is 0. The summed E-state index contributed by atoms with van der Waals surface area (Å²) in [6, 6.07) is 5.48. The van der Waals surface area contributed by atoms with E-state index in [2.05, 4.69) is 0 Å². The number of hydrogen-bond donors (Lipinski definition) is 1. The largest absolute Gasteiger partial charge is 0.507 e. The highest BCUT2D eigenvalue weighted by Gasteiger charge is 2.22. The molecule has 2 rings (SSSR count). The molecule has 0 spiro atoms. The Morgan fingerprint density at radius 3 is 2.40 bits per heavy atom. The molecular weight excluding hydrogens is 274 g/mol. The molecule has 0 aliphatic heterocycles. The number of phenolic OH excluding ortho intramolecular Hbond substituents is 1. The minimum atomic E-state index is -3.20. The third-order valence-electron chi connectivity index (χ3n) is 3.55. The molecule has 0 unspecified atom stereocenters. The van der Waals surface area contributed by atoms with E-state index in [0.717, 1.165) is 5.52 Å². The van der Waals surface area contributed by atoms with Gasteiger partial charge in [-0.2, -0.15) is 0 Å². The Morgan fingerprint density at radius 2 is 1.85 bits per heavy atom. The molecule has 2 aromatic rings. The molecule has 5 heteroatoms. The van der Waals surface area contributed by atoms with Crippen LogP contribution in [0.4, 0.5) is 0 Å². The molecule has 4 nitrogen and oxygen atoms in total. The third kappa shape index (κ3) is 2.54. The number of nitrogens with zero attached hydrogens (tertiary/aromatic N) is 1. The maximum atomic E-state index is 12.1. The van der Waals surface area contributed by atoms with E-state index in [1.807, 2.05) is 30.7 Å². The summed E-state index contributed by atoms with van der Waals surface area (Å²) < 4.78 is 26.3. The number of sulfone groups is 1. The van der Waals surface area contributed by atoms with Gasteiger partial charge in [0.1, 0.15) is 5.75 Å². The van der Waals surface area contributed by atoms with Crippen LogP contribution in [-0.4, -0.2) is 23.3 Å². The van der Waals surface area contributed by atoms with Gasteiger partial charge in [0.15, 0.2) is 9.84 Å². The maximum absolute atomic E-state index is 12.1. The lowest BCUT2D eigenvalue weighted by molar-refractivity contribution is 0.481. The summed E-state index contributed by atoms with van der Waals surface area (Å²) in [5, 5.41) is 10.3. The van der Waals surface area contributed by atoms with Crippen LogP contribution in [0.1, 0.15) is 39.3 Å². The van der Waals surface area contributed by atoms with Crippen molar-refractivity contribution in [3.05, 3.63) is 30.0 Å². The lowest BCUT2D eigenvalue weighted by Gasteiger charge is -2.08. The maximum Gasteiger partial charge on any atom is 0.156 e. The molecule has 1 heterocycles. The van der Waals surface area contributed by atoms with E-state index in [0.29, 0.717) is 10.9 Å². The fourth-order valence-electron chi connectivity index (χ4n) is 2.29. The number of phenols is 1. The predicted octanol–water partition coefficient (Wildman–Crippen LogP) is 3.25. The zero-order valence-corrected chi connectivity index (χ0v) is 13.1. The first-order valence-electron chi connectivity index (χ1n) is 6.77. The second kappa shape index (κ2) is 5.13. The van der Waals surface area contributed by atoms with Gasteiger partial charge in [-0.25, -0.2) is 8.42 Å². The van der Waals surface area contributed by atoms with Gasteiger partial charge in [-0.15, -0.1) is 0 Å². The molecule has 0 fully saturated rings. The Morgan fingerprint density at radius 1 is 1.20 bits per heavy atom. The molecule has 0 aliphatic rings. The predicted molar refractivity (Wildman–Crippen MR) is 81.7 cm³/mol. The van der Waals surface area contributed by atoms with Crippen molar-refractivity contribution in [3.8, 4) is 5.75 Å². The van der Waals surface area contributed by atoms with Crippen molar-refractivity contribution >= 4 is 20.7 Å². The molecule has 0 radical (unpaired) electrons. The molecule has 1 aromatic carbocycles. The number of fused-ring (bicyclic) bond motifs is 1. The van der Waals surface area contributed by atoms with Crippen LogP contribution in [-0.2, 0) is 15.6 Å². The first-order valence-corrected chi connectivity index (χ1v) is 8.48. The molecule has 0 saturated heterocycles. The highest BCUT2D eigenvalue weighted by atomic mass is 32.2. The average Bonchev–Trinajstić information content (AvgIpc) is 2.68. The number of hydrogen-bond acceptors (Lipinski definition) is 3. The second-order valence-electron chi connectivity index (χ2n) is 5.68. The SMILES string of the molecule is CC(C)n1cc(CS(=O)(=O)C(C)C)c2c(O)cccc21. The van der Waals surface area contributed by atoms with Crippen LogP contribution in [0.25, 0.3) is 10.9 Å². The highest BCUT2D eigenvalue weighted by Crippen LogP contribution is 2.33. The van der Waals surface area contributed by atoms with Gasteiger partial charge in [0, 0.05) is 17.6 Å². The van der Waals surface area contributed by atoms with Crippen molar-refractivity contribution in [2.24, 2.45) is 0 Å². The molecule has 0 aliphatic carbocycles. The minimum Gasteiger partial charge on any atom is -0.507 e. The molecule has 1 aromatic heterocycles. The molecule has 0 saturated carbocycles. The van der Waals surface area contributed by atoms with Crippen LogP contribution in [0.2, 0.25) is 0 Å². The Kier molecular flexibility index (Phi) is 3.82. The van der Waals surface area contributed by atoms with Crippen molar-refractivity contribution in [2.45, 2.75) is 44.7 Å². The quantitative estimate of drug-likeness (QED) is 0.942. The monoisotopic (exact) mass is 295 g/mol. The van der Waals surface area contributed by atoms with E-state index in [-0.39, 0.29) is 17.5 Å². The van der Waals surface area contributed by atoms with Crippen molar-refractivity contribution in [2.75, 3.05) is 0 Å². The van der Waals surface area contributed by atoms with E-state index in [1.54, 1.807) is 26.0 Å². The molecule has 1 N–H and O–H groups in total. The molecule has 0 atom stereocenters. The molecule has 0 amide bonds. The summed E-state index contributed by atoms with van der Waals surface area (Å²) in [4.78, 5) is 0. The van der Waals surface area contributed by atoms with E-state index >= 15 is 0 Å². The third-order valence-corrected chi connectivity index (χ3v) is 5.70. The first kappa shape index (κ1) is 14.9. The van der Waals surface area contributed by atoms with Gasteiger partial charge in [0.25, 0.3) is 0 Å². The smallest absolute Gasteiger partial charge is 0.156 e. The van der Waals surface area contributed by atoms with E-state index < -0.39 is 15.1 Å². The molecule has 110 valence electrons. The van der Waals surface area contributed by atoms with Gasteiger partial charge in [0.05, 0.1) is 16.5 Å². The van der Waals surface area contributed by atoms with Crippen molar-refractivity contribution in [1.29, 1.82) is 0 Å². The number of aromatic nitrogens is 1. The fraction of sp³-hybridized carbons (Fsp3) is 0.467. The second-order valence-corrected chi connectivity index (χ2v) is 8.24. The van der Waals surface area contributed by atoms with Gasteiger partial charge in [-0.1, -0.05) is 6.07 Å². The van der Waals surface area contributed by atoms with Gasteiger partial charge in [-0.05, 0) is 45.4 Å². The van der Waals surface area contributed by atoms with Crippen LogP contribution in [0.3, 0.4) is 0 Å². The Bertz CT molecular complexity index is 727. The standard InChI is InChI=1S/C15H21NO3S/c1-10(2)16-8-12(9-20(18,19)11(3)4)15-13(16)6-5-7-14(15)17/h5-8,10-11,17H,9H2,1-4H3. The normalized spacial score (nSPS) is 12.7. The van der Waals surface area contributed by atoms with Gasteiger partial charge < -0.3 is 9.67 Å². The highest BCUT2D eigenvalue weighted by molar-refractivity contribution is 7.91.